The van der Waals surface area contributed by atoms with Gasteiger partial charge >= 0.3 is 5.97 Å². The molecule has 1 rings (SSSR count). The lowest BCUT2D eigenvalue weighted by atomic mass is 9.86. The van der Waals surface area contributed by atoms with Gasteiger partial charge < -0.3 is 9.47 Å². The Bertz CT molecular complexity index is 585. The molecule has 3 unspecified atom stereocenters. The van der Waals surface area contributed by atoms with E-state index in [9.17, 15) is 10.1 Å². The van der Waals surface area contributed by atoms with Gasteiger partial charge in [-0.05, 0) is 26.3 Å². The van der Waals surface area contributed by atoms with E-state index in [-0.39, 0.29) is 5.92 Å². The van der Waals surface area contributed by atoms with E-state index in [1.807, 2.05) is 13.8 Å². The fourth-order valence-electron chi connectivity index (χ4n) is 2.49. The summed E-state index contributed by atoms with van der Waals surface area (Å²) in [6, 6.07) is 7.82. The number of benzene rings is 1. The molecule has 5 nitrogen and oxygen atoms in total. The molecule has 0 aromatic heterocycles. The number of ether oxygens (including phenoxy) is 2. The monoisotopic (exact) mass is 316 g/mol. The van der Waals surface area contributed by atoms with Crippen LogP contribution < -0.4 is 0 Å². The van der Waals surface area contributed by atoms with E-state index in [1.54, 1.807) is 14.0 Å². The number of hydrogen-bond donors (Lipinski definition) is 0. The van der Waals surface area contributed by atoms with Crippen LogP contribution in [-0.2, 0) is 14.3 Å². The van der Waals surface area contributed by atoms with E-state index >= 15 is 0 Å². The summed E-state index contributed by atoms with van der Waals surface area (Å²) in [5.74, 6) is -1.05. The Morgan fingerprint density at radius 1 is 1.30 bits per heavy atom. The van der Waals surface area contributed by atoms with Crippen molar-refractivity contribution in [3.8, 4) is 6.07 Å². The van der Waals surface area contributed by atoms with Crippen molar-refractivity contribution in [2.75, 3.05) is 20.8 Å². The molecule has 0 aliphatic carbocycles. The second-order valence-corrected chi connectivity index (χ2v) is 5.64. The second-order valence-electron chi connectivity index (χ2n) is 5.64. The highest BCUT2D eigenvalue weighted by atomic mass is 16.5. The number of carbonyl (C=O) groups is 1. The molecule has 1 aromatic carbocycles. The van der Waals surface area contributed by atoms with Crippen molar-refractivity contribution in [3.63, 3.8) is 0 Å². The Morgan fingerprint density at radius 3 is 2.39 bits per heavy atom. The van der Waals surface area contributed by atoms with Gasteiger partial charge in [0.25, 0.3) is 0 Å². The third-order valence-electron chi connectivity index (χ3n) is 3.61. The summed E-state index contributed by atoms with van der Waals surface area (Å²) in [5.41, 5.74) is 3.31. The van der Waals surface area contributed by atoms with Crippen LogP contribution in [0.3, 0.4) is 0 Å². The molecule has 23 heavy (non-hydrogen) atoms. The van der Waals surface area contributed by atoms with Crippen molar-refractivity contribution in [2.45, 2.75) is 32.7 Å². The van der Waals surface area contributed by atoms with Crippen molar-refractivity contribution < 1.29 is 14.3 Å². The van der Waals surface area contributed by atoms with Gasteiger partial charge in [-0.2, -0.15) is 5.26 Å². The van der Waals surface area contributed by atoms with E-state index in [4.69, 9.17) is 4.74 Å². The van der Waals surface area contributed by atoms with Crippen LogP contribution in [0.25, 0.3) is 0 Å². The first-order chi connectivity index (χ1) is 10.9. The minimum absolute atomic E-state index is 0.141. The van der Waals surface area contributed by atoms with Crippen molar-refractivity contribution >= 4 is 12.2 Å². The SMILES string of the molecule is COCC(c1cc(C)cc(C)c1)C(C#N)C=NC(C)C(=O)OC. The van der Waals surface area contributed by atoms with Gasteiger partial charge in [0.15, 0.2) is 0 Å². The summed E-state index contributed by atoms with van der Waals surface area (Å²) in [4.78, 5) is 15.6. The van der Waals surface area contributed by atoms with Crippen LogP contribution in [0.2, 0.25) is 0 Å². The summed E-state index contributed by atoms with van der Waals surface area (Å²) in [6.45, 7) is 6.09. The van der Waals surface area contributed by atoms with Crippen LogP contribution in [0.4, 0.5) is 0 Å². The molecular weight excluding hydrogens is 292 g/mol. The summed E-state index contributed by atoms with van der Waals surface area (Å²) in [7, 11) is 2.93. The number of nitrogens with zero attached hydrogens (tertiary/aromatic N) is 2. The Morgan fingerprint density at radius 2 is 1.91 bits per heavy atom. The van der Waals surface area contributed by atoms with Crippen molar-refractivity contribution in [3.05, 3.63) is 34.9 Å². The smallest absolute Gasteiger partial charge is 0.330 e. The number of carbonyl (C=O) groups excluding carboxylic acids is 1. The highest BCUT2D eigenvalue weighted by Crippen LogP contribution is 2.26. The van der Waals surface area contributed by atoms with Gasteiger partial charge in [-0.3, -0.25) is 4.99 Å². The summed E-state index contributed by atoms with van der Waals surface area (Å²) < 4.78 is 9.93. The van der Waals surface area contributed by atoms with E-state index in [0.29, 0.717) is 6.61 Å². The largest absolute Gasteiger partial charge is 0.467 e. The first-order valence-corrected chi connectivity index (χ1v) is 7.50. The van der Waals surface area contributed by atoms with Crippen molar-refractivity contribution in [2.24, 2.45) is 10.9 Å². The molecule has 5 heteroatoms. The fraction of sp³-hybridized carbons (Fsp3) is 0.500. The molecule has 0 spiro atoms. The van der Waals surface area contributed by atoms with E-state index in [0.717, 1.165) is 16.7 Å². The highest BCUT2D eigenvalue weighted by Gasteiger charge is 2.23. The van der Waals surface area contributed by atoms with Crippen LogP contribution in [0.1, 0.15) is 29.5 Å². The number of aryl methyl sites for hydroxylation is 2. The normalized spacial score (nSPS) is 15.0. The third-order valence-corrected chi connectivity index (χ3v) is 3.61. The van der Waals surface area contributed by atoms with Crippen molar-refractivity contribution in [1.29, 1.82) is 5.26 Å². The summed E-state index contributed by atoms with van der Waals surface area (Å²) >= 11 is 0. The summed E-state index contributed by atoms with van der Waals surface area (Å²) in [5, 5.41) is 9.52. The molecule has 0 N–H and O–H groups in total. The first-order valence-electron chi connectivity index (χ1n) is 7.50. The number of esters is 1. The van der Waals surface area contributed by atoms with Crippen molar-refractivity contribution in [1.82, 2.24) is 0 Å². The predicted molar refractivity (Wildman–Crippen MR) is 89.6 cm³/mol. The highest BCUT2D eigenvalue weighted by molar-refractivity contribution is 5.78. The zero-order valence-electron chi connectivity index (χ0n) is 14.4. The van der Waals surface area contributed by atoms with E-state index < -0.39 is 17.9 Å². The molecule has 3 atom stereocenters. The summed E-state index contributed by atoms with van der Waals surface area (Å²) in [6.07, 6.45) is 1.53. The van der Waals surface area contributed by atoms with Gasteiger partial charge in [0.05, 0.1) is 25.7 Å². The molecule has 0 aliphatic rings. The molecule has 0 saturated heterocycles. The van der Waals surface area contributed by atoms with Gasteiger partial charge in [0, 0.05) is 19.2 Å². The maximum absolute atomic E-state index is 11.4. The molecule has 0 amide bonds. The Balaban J connectivity index is 3.08. The van der Waals surface area contributed by atoms with Crippen LogP contribution >= 0.6 is 0 Å². The number of rotatable bonds is 7. The number of methoxy groups -OCH3 is 2. The van der Waals surface area contributed by atoms with Crippen LogP contribution in [0.5, 0.6) is 0 Å². The lowest BCUT2D eigenvalue weighted by Crippen LogP contribution is -2.21. The average Bonchev–Trinajstić information content (AvgIpc) is 2.52. The molecule has 1 aromatic rings. The quantitative estimate of drug-likeness (QED) is 0.573. The fourth-order valence-corrected chi connectivity index (χ4v) is 2.49. The first kappa shape index (κ1) is 18.9. The van der Waals surface area contributed by atoms with Crippen LogP contribution in [0.15, 0.2) is 23.2 Å². The third kappa shape index (κ3) is 5.50. The minimum atomic E-state index is -0.627. The zero-order chi connectivity index (χ0) is 17.4. The molecule has 0 heterocycles. The van der Waals surface area contributed by atoms with Crippen LogP contribution in [0, 0.1) is 31.1 Å². The number of hydrogen-bond acceptors (Lipinski definition) is 5. The van der Waals surface area contributed by atoms with Gasteiger partial charge in [-0.1, -0.05) is 29.3 Å². The van der Waals surface area contributed by atoms with Gasteiger partial charge in [-0.15, -0.1) is 0 Å². The number of aliphatic imine (C=N–C) groups is 1. The maximum atomic E-state index is 11.4. The van der Waals surface area contributed by atoms with Gasteiger partial charge in [0.1, 0.15) is 6.04 Å². The predicted octanol–water partition coefficient (Wildman–Crippen LogP) is 2.81. The molecule has 0 saturated carbocycles. The Kier molecular flexibility index (Phi) is 7.43. The molecule has 124 valence electrons. The topological polar surface area (TPSA) is 71.7 Å². The van der Waals surface area contributed by atoms with Gasteiger partial charge in [-0.25, -0.2) is 4.79 Å². The minimum Gasteiger partial charge on any atom is -0.467 e. The maximum Gasteiger partial charge on any atom is 0.330 e. The van der Waals surface area contributed by atoms with Crippen LogP contribution in [-0.4, -0.2) is 39.1 Å². The Labute approximate surface area is 137 Å². The molecule has 0 bridgehead atoms. The number of nitriles is 1. The molecule has 0 radical (unpaired) electrons. The molecular formula is C18H24N2O3. The molecule has 0 fully saturated rings. The standard InChI is InChI=1S/C18H24N2O3/c1-12-6-13(2)8-15(7-12)17(11-22-4)16(9-19)10-20-14(3)18(21)23-5/h6-8,10,14,16-17H,11H2,1-5H3. The van der Waals surface area contributed by atoms with E-state index in [2.05, 4.69) is 34.0 Å². The van der Waals surface area contributed by atoms with Gasteiger partial charge in [0.2, 0.25) is 0 Å². The lowest BCUT2D eigenvalue weighted by Gasteiger charge is -2.20. The zero-order valence-corrected chi connectivity index (χ0v) is 14.4. The lowest BCUT2D eigenvalue weighted by molar-refractivity contribution is -0.141. The second kappa shape index (κ2) is 9.06. The molecule has 0 aliphatic heterocycles. The average molecular weight is 316 g/mol. The Hall–Kier alpha value is -2.19. The van der Waals surface area contributed by atoms with E-state index in [1.165, 1.54) is 13.3 Å².